The molecular formula is C15H9BrClN3OS. The van der Waals surface area contributed by atoms with Crippen LogP contribution in [0.1, 0.15) is 10.4 Å². The van der Waals surface area contributed by atoms with Crippen LogP contribution in [0.25, 0.3) is 11.3 Å². The standard InChI is InChI=1S/C15H9BrClN3OS/c16-10-3-4-12(17)11(6-10)14(21)20-15-19-13(8-22-15)9-2-1-5-18-7-9/h1-8H,(H,19,20,21). The quantitative estimate of drug-likeness (QED) is 0.689. The predicted octanol–water partition coefficient (Wildman–Crippen LogP) is 4.87. The van der Waals surface area contributed by atoms with Crippen molar-refractivity contribution in [2.24, 2.45) is 0 Å². The third-order valence-electron chi connectivity index (χ3n) is 2.85. The number of benzene rings is 1. The topological polar surface area (TPSA) is 54.9 Å². The molecule has 0 spiro atoms. The fourth-order valence-corrected chi connectivity index (χ4v) is 3.09. The summed E-state index contributed by atoms with van der Waals surface area (Å²) in [6, 6.07) is 8.88. The number of nitrogens with one attached hydrogen (secondary N) is 1. The molecule has 22 heavy (non-hydrogen) atoms. The molecule has 0 aliphatic heterocycles. The first-order valence-electron chi connectivity index (χ1n) is 6.26. The molecule has 0 aliphatic carbocycles. The molecule has 3 aromatic rings. The minimum atomic E-state index is -0.293. The maximum Gasteiger partial charge on any atom is 0.258 e. The molecular weight excluding hydrogens is 386 g/mol. The first-order valence-corrected chi connectivity index (χ1v) is 8.31. The lowest BCUT2D eigenvalue weighted by Crippen LogP contribution is -2.12. The van der Waals surface area contributed by atoms with Crippen molar-refractivity contribution in [2.75, 3.05) is 5.32 Å². The molecule has 0 aliphatic rings. The van der Waals surface area contributed by atoms with Crippen LogP contribution >= 0.6 is 38.9 Å². The Hall–Kier alpha value is -1.76. The monoisotopic (exact) mass is 393 g/mol. The molecule has 2 heterocycles. The van der Waals surface area contributed by atoms with Crippen LogP contribution in [0.3, 0.4) is 0 Å². The second kappa shape index (κ2) is 6.56. The summed E-state index contributed by atoms with van der Waals surface area (Å²) in [4.78, 5) is 20.7. The molecule has 0 bridgehead atoms. The number of aromatic nitrogens is 2. The molecule has 3 rings (SSSR count). The van der Waals surface area contributed by atoms with Crippen molar-refractivity contribution in [3.63, 3.8) is 0 Å². The first-order chi connectivity index (χ1) is 10.6. The lowest BCUT2D eigenvalue weighted by molar-refractivity contribution is 0.102. The second-order valence-corrected chi connectivity index (χ2v) is 6.54. The van der Waals surface area contributed by atoms with Gasteiger partial charge in [0, 0.05) is 27.8 Å². The van der Waals surface area contributed by atoms with Gasteiger partial charge in [0.25, 0.3) is 5.91 Å². The lowest BCUT2D eigenvalue weighted by atomic mass is 10.2. The highest BCUT2D eigenvalue weighted by atomic mass is 79.9. The normalized spacial score (nSPS) is 10.5. The zero-order chi connectivity index (χ0) is 15.5. The van der Waals surface area contributed by atoms with Crippen molar-refractivity contribution in [1.29, 1.82) is 0 Å². The Morgan fingerprint density at radius 1 is 1.32 bits per heavy atom. The highest BCUT2D eigenvalue weighted by molar-refractivity contribution is 9.10. The van der Waals surface area contributed by atoms with Crippen molar-refractivity contribution in [3.8, 4) is 11.3 Å². The fraction of sp³-hybridized carbons (Fsp3) is 0. The molecule has 110 valence electrons. The van der Waals surface area contributed by atoms with E-state index in [0.717, 1.165) is 15.7 Å². The van der Waals surface area contributed by atoms with Gasteiger partial charge in [0.15, 0.2) is 5.13 Å². The summed E-state index contributed by atoms with van der Waals surface area (Å²) in [5.74, 6) is -0.293. The van der Waals surface area contributed by atoms with E-state index in [4.69, 9.17) is 11.6 Å². The summed E-state index contributed by atoms with van der Waals surface area (Å²) in [7, 11) is 0. The zero-order valence-electron chi connectivity index (χ0n) is 11.1. The first kappa shape index (κ1) is 15.1. The molecule has 0 saturated carbocycles. The van der Waals surface area contributed by atoms with E-state index in [9.17, 15) is 4.79 Å². The number of thiazole rings is 1. The maximum absolute atomic E-state index is 12.3. The predicted molar refractivity (Wildman–Crippen MR) is 92.5 cm³/mol. The Balaban J connectivity index is 1.81. The van der Waals surface area contributed by atoms with Gasteiger partial charge in [-0.15, -0.1) is 11.3 Å². The van der Waals surface area contributed by atoms with Gasteiger partial charge in [0.05, 0.1) is 16.3 Å². The Labute approximate surface area is 144 Å². The number of hydrogen-bond acceptors (Lipinski definition) is 4. The third kappa shape index (κ3) is 3.35. The summed E-state index contributed by atoms with van der Waals surface area (Å²) in [6.45, 7) is 0. The number of carbonyl (C=O) groups excluding carboxylic acids is 1. The summed E-state index contributed by atoms with van der Waals surface area (Å²) in [6.07, 6.45) is 3.43. The Bertz CT molecular complexity index is 823. The van der Waals surface area contributed by atoms with Crippen molar-refractivity contribution < 1.29 is 4.79 Å². The summed E-state index contributed by atoms with van der Waals surface area (Å²) in [5.41, 5.74) is 2.07. The number of anilines is 1. The molecule has 2 aromatic heterocycles. The van der Waals surface area contributed by atoms with E-state index in [1.165, 1.54) is 11.3 Å². The third-order valence-corrected chi connectivity index (χ3v) is 4.44. The molecule has 0 fully saturated rings. The van der Waals surface area contributed by atoms with Gasteiger partial charge < -0.3 is 0 Å². The largest absolute Gasteiger partial charge is 0.298 e. The van der Waals surface area contributed by atoms with E-state index in [-0.39, 0.29) is 5.91 Å². The van der Waals surface area contributed by atoms with Gasteiger partial charge in [0.1, 0.15) is 0 Å². The Morgan fingerprint density at radius 3 is 2.95 bits per heavy atom. The summed E-state index contributed by atoms with van der Waals surface area (Å²) in [5, 5.41) is 5.54. The van der Waals surface area contributed by atoms with Crippen LogP contribution in [0.5, 0.6) is 0 Å². The molecule has 0 radical (unpaired) electrons. The van der Waals surface area contributed by atoms with Gasteiger partial charge in [-0.3, -0.25) is 15.1 Å². The van der Waals surface area contributed by atoms with Crippen LogP contribution in [0.15, 0.2) is 52.6 Å². The van der Waals surface area contributed by atoms with E-state index in [1.807, 2.05) is 17.5 Å². The van der Waals surface area contributed by atoms with E-state index in [1.54, 1.807) is 30.6 Å². The zero-order valence-corrected chi connectivity index (χ0v) is 14.2. The van der Waals surface area contributed by atoms with Crippen molar-refractivity contribution >= 4 is 49.9 Å². The van der Waals surface area contributed by atoms with E-state index in [2.05, 4.69) is 31.2 Å². The van der Waals surface area contributed by atoms with Gasteiger partial charge in [-0.25, -0.2) is 4.98 Å². The minimum absolute atomic E-state index is 0.293. The van der Waals surface area contributed by atoms with Gasteiger partial charge in [0.2, 0.25) is 0 Å². The highest BCUT2D eigenvalue weighted by Crippen LogP contribution is 2.26. The van der Waals surface area contributed by atoms with Crippen LogP contribution in [-0.2, 0) is 0 Å². The molecule has 1 aromatic carbocycles. The Kier molecular flexibility index (Phi) is 4.52. The molecule has 1 N–H and O–H groups in total. The van der Waals surface area contributed by atoms with Crippen LogP contribution in [0.4, 0.5) is 5.13 Å². The molecule has 7 heteroatoms. The van der Waals surface area contributed by atoms with Crippen LogP contribution in [0, 0.1) is 0 Å². The number of rotatable bonds is 3. The molecule has 4 nitrogen and oxygen atoms in total. The van der Waals surface area contributed by atoms with Gasteiger partial charge in [-0.2, -0.15) is 0 Å². The maximum atomic E-state index is 12.3. The number of nitrogens with zero attached hydrogens (tertiary/aromatic N) is 2. The SMILES string of the molecule is O=C(Nc1nc(-c2cccnc2)cs1)c1cc(Br)ccc1Cl. The van der Waals surface area contributed by atoms with E-state index >= 15 is 0 Å². The van der Waals surface area contributed by atoms with Crippen molar-refractivity contribution in [2.45, 2.75) is 0 Å². The highest BCUT2D eigenvalue weighted by Gasteiger charge is 2.13. The average molecular weight is 395 g/mol. The minimum Gasteiger partial charge on any atom is -0.298 e. The number of amides is 1. The number of carbonyl (C=O) groups is 1. The van der Waals surface area contributed by atoms with Gasteiger partial charge in [-0.05, 0) is 30.3 Å². The Morgan fingerprint density at radius 2 is 2.18 bits per heavy atom. The second-order valence-electron chi connectivity index (χ2n) is 4.36. The number of pyridine rings is 1. The van der Waals surface area contributed by atoms with Crippen LogP contribution in [-0.4, -0.2) is 15.9 Å². The molecule has 0 saturated heterocycles. The number of hydrogen-bond donors (Lipinski definition) is 1. The summed E-state index contributed by atoms with van der Waals surface area (Å²) < 4.78 is 0.789. The van der Waals surface area contributed by atoms with Crippen LogP contribution in [0.2, 0.25) is 5.02 Å². The van der Waals surface area contributed by atoms with Crippen LogP contribution < -0.4 is 5.32 Å². The molecule has 1 amide bonds. The molecule has 0 unspecified atom stereocenters. The molecule has 0 atom stereocenters. The smallest absolute Gasteiger partial charge is 0.258 e. The lowest BCUT2D eigenvalue weighted by Gasteiger charge is -2.04. The number of halogens is 2. The fourth-order valence-electron chi connectivity index (χ4n) is 1.81. The summed E-state index contributed by atoms with van der Waals surface area (Å²) >= 11 is 10.7. The average Bonchev–Trinajstić information content (AvgIpc) is 2.99. The van der Waals surface area contributed by atoms with Crippen molar-refractivity contribution in [3.05, 3.63) is 63.2 Å². The van der Waals surface area contributed by atoms with E-state index < -0.39 is 0 Å². The van der Waals surface area contributed by atoms with Gasteiger partial charge in [-0.1, -0.05) is 27.5 Å². The van der Waals surface area contributed by atoms with Gasteiger partial charge >= 0.3 is 0 Å². The van der Waals surface area contributed by atoms with E-state index in [0.29, 0.717) is 15.7 Å². The van der Waals surface area contributed by atoms with Crippen molar-refractivity contribution in [1.82, 2.24) is 9.97 Å².